The first-order chi connectivity index (χ1) is 9.74. The molecule has 1 fully saturated rings. The van der Waals surface area contributed by atoms with Crippen molar-refractivity contribution in [2.24, 2.45) is 0 Å². The van der Waals surface area contributed by atoms with E-state index >= 15 is 0 Å². The quantitative estimate of drug-likeness (QED) is 0.844. The maximum Gasteiger partial charge on any atom is 0.320 e. The molecule has 0 unspecified atom stereocenters. The number of nitrogens with zero attached hydrogens (tertiary/aromatic N) is 2. The van der Waals surface area contributed by atoms with Gasteiger partial charge in [-0.25, -0.2) is 4.39 Å². The molecule has 2 aromatic rings. The number of hydrogen-bond acceptors (Lipinski definition) is 6. The Labute approximate surface area is 115 Å². The molecule has 0 radical (unpaired) electrons. The minimum Gasteiger partial charge on any atom is -0.494 e. The van der Waals surface area contributed by atoms with Crippen LogP contribution in [0.3, 0.4) is 0 Å². The van der Waals surface area contributed by atoms with Crippen LogP contribution in [0, 0.1) is 5.82 Å². The number of ether oxygens (including phenoxy) is 1. The van der Waals surface area contributed by atoms with Gasteiger partial charge in [0.1, 0.15) is 0 Å². The smallest absolute Gasteiger partial charge is 0.320 e. The van der Waals surface area contributed by atoms with Crippen molar-refractivity contribution in [3.8, 4) is 5.75 Å². The number of hydrogen-bond donors (Lipinski definition) is 2. The van der Waals surface area contributed by atoms with Crippen molar-refractivity contribution >= 4 is 11.7 Å². The standard InChI is InChI=1S/C13H15FN4O2/c1-19-11-5-4-9(6-10(11)14)16-13-18-17-12(20-13)7-15-8-2-3-8/h4-6,8,15H,2-3,7H2,1H3,(H,16,18). The van der Waals surface area contributed by atoms with Crippen molar-refractivity contribution in [3.05, 3.63) is 29.9 Å². The summed E-state index contributed by atoms with van der Waals surface area (Å²) >= 11 is 0. The molecule has 1 aromatic carbocycles. The summed E-state index contributed by atoms with van der Waals surface area (Å²) in [6.45, 7) is 0.552. The van der Waals surface area contributed by atoms with Crippen LogP contribution in [0.25, 0.3) is 0 Å². The van der Waals surface area contributed by atoms with Gasteiger partial charge in [-0.3, -0.25) is 0 Å². The SMILES string of the molecule is COc1ccc(Nc2nnc(CNC3CC3)o2)cc1F. The predicted octanol–water partition coefficient (Wildman–Crippen LogP) is 2.21. The van der Waals surface area contributed by atoms with Crippen molar-refractivity contribution in [1.82, 2.24) is 15.5 Å². The van der Waals surface area contributed by atoms with Gasteiger partial charge in [-0.05, 0) is 25.0 Å². The Bertz CT molecular complexity index is 598. The molecule has 6 nitrogen and oxygen atoms in total. The van der Waals surface area contributed by atoms with Crippen LogP contribution < -0.4 is 15.4 Å². The van der Waals surface area contributed by atoms with Crippen LogP contribution in [0.4, 0.5) is 16.1 Å². The Balaban J connectivity index is 1.63. The summed E-state index contributed by atoms with van der Waals surface area (Å²) in [4.78, 5) is 0. The monoisotopic (exact) mass is 278 g/mol. The lowest BCUT2D eigenvalue weighted by Crippen LogP contribution is -2.15. The zero-order chi connectivity index (χ0) is 13.9. The van der Waals surface area contributed by atoms with Gasteiger partial charge in [0.05, 0.1) is 13.7 Å². The fourth-order valence-corrected chi connectivity index (χ4v) is 1.76. The molecule has 20 heavy (non-hydrogen) atoms. The number of aromatic nitrogens is 2. The van der Waals surface area contributed by atoms with Crippen molar-refractivity contribution in [2.75, 3.05) is 12.4 Å². The molecule has 0 amide bonds. The fraction of sp³-hybridized carbons (Fsp3) is 0.385. The normalized spacial score (nSPS) is 14.3. The first-order valence-electron chi connectivity index (χ1n) is 6.41. The second kappa shape index (κ2) is 5.46. The Morgan fingerprint density at radius 2 is 2.25 bits per heavy atom. The van der Waals surface area contributed by atoms with E-state index in [-0.39, 0.29) is 11.8 Å². The number of benzene rings is 1. The Morgan fingerprint density at radius 3 is 2.95 bits per heavy atom. The molecule has 0 bridgehead atoms. The van der Waals surface area contributed by atoms with Gasteiger partial charge in [-0.2, -0.15) is 0 Å². The lowest BCUT2D eigenvalue weighted by Gasteiger charge is -2.04. The summed E-state index contributed by atoms with van der Waals surface area (Å²) in [6, 6.07) is 5.33. The molecular weight excluding hydrogens is 263 g/mol. The molecule has 1 aliphatic carbocycles. The second-order valence-electron chi connectivity index (χ2n) is 4.63. The zero-order valence-electron chi connectivity index (χ0n) is 11.0. The van der Waals surface area contributed by atoms with Crippen LogP contribution in [0.1, 0.15) is 18.7 Å². The molecule has 0 spiro atoms. The second-order valence-corrected chi connectivity index (χ2v) is 4.63. The van der Waals surface area contributed by atoms with Crippen LogP contribution in [-0.4, -0.2) is 23.3 Å². The number of nitrogens with one attached hydrogen (secondary N) is 2. The Hall–Kier alpha value is -2.15. The first-order valence-corrected chi connectivity index (χ1v) is 6.41. The first kappa shape index (κ1) is 12.9. The largest absolute Gasteiger partial charge is 0.494 e. The van der Waals surface area contributed by atoms with E-state index in [9.17, 15) is 4.39 Å². The van der Waals surface area contributed by atoms with E-state index in [1.54, 1.807) is 6.07 Å². The highest BCUT2D eigenvalue weighted by atomic mass is 19.1. The summed E-state index contributed by atoms with van der Waals surface area (Å²) in [6.07, 6.45) is 2.40. The van der Waals surface area contributed by atoms with Crippen LogP contribution in [0.5, 0.6) is 5.75 Å². The van der Waals surface area contributed by atoms with E-state index in [1.807, 2.05) is 0 Å². The molecule has 0 aliphatic heterocycles. The van der Waals surface area contributed by atoms with Gasteiger partial charge in [-0.15, -0.1) is 5.10 Å². The molecule has 1 saturated carbocycles. The fourth-order valence-electron chi connectivity index (χ4n) is 1.76. The highest BCUT2D eigenvalue weighted by molar-refractivity contribution is 5.53. The molecule has 2 N–H and O–H groups in total. The summed E-state index contributed by atoms with van der Waals surface area (Å²) in [5.74, 6) is 0.247. The van der Waals surface area contributed by atoms with Gasteiger partial charge in [0, 0.05) is 17.8 Å². The third-order valence-electron chi connectivity index (χ3n) is 2.99. The number of rotatable bonds is 6. The lowest BCUT2D eigenvalue weighted by molar-refractivity contribution is 0.386. The molecule has 106 valence electrons. The zero-order valence-corrected chi connectivity index (χ0v) is 11.0. The van der Waals surface area contributed by atoms with Crippen molar-refractivity contribution in [3.63, 3.8) is 0 Å². The lowest BCUT2D eigenvalue weighted by atomic mass is 10.3. The van der Waals surface area contributed by atoms with E-state index in [0.717, 1.165) is 0 Å². The molecule has 1 aliphatic rings. The highest BCUT2D eigenvalue weighted by Crippen LogP contribution is 2.23. The topological polar surface area (TPSA) is 72.2 Å². The van der Waals surface area contributed by atoms with Crippen LogP contribution >= 0.6 is 0 Å². The minimum atomic E-state index is -0.451. The molecule has 1 heterocycles. The maximum atomic E-state index is 13.5. The van der Waals surface area contributed by atoms with Crippen molar-refractivity contribution in [1.29, 1.82) is 0 Å². The average molecular weight is 278 g/mol. The summed E-state index contributed by atoms with van der Waals surface area (Å²) in [5, 5.41) is 13.9. The van der Waals surface area contributed by atoms with E-state index in [2.05, 4.69) is 20.8 Å². The van der Waals surface area contributed by atoms with Gasteiger partial charge < -0.3 is 19.8 Å². The molecule has 0 saturated heterocycles. The van der Waals surface area contributed by atoms with Gasteiger partial charge in [0.25, 0.3) is 0 Å². The van der Waals surface area contributed by atoms with E-state index in [0.29, 0.717) is 24.2 Å². The van der Waals surface area contributed by atoms with E-state index in [1.165, 1.54) is 32.1 Å². The molecular formula is C13H15FN4O2. The van der Waals surface area contributed by atoms with Crippen LogP contribution in [-0.2, 0) is 6.54 Å². The Morgan fingerprint density at radius 1 is 1.40 bits per heavy atom. The predicted molar refractivity (Wildman–Crippen MR) is 70.4 cm³/mol. The number of halogens is 1. The molecule has 0 atom stereocenters. The highest BCUT2D eigenvalue weighted by Gasteiger charge is 2.21. The van der Waals surface area contributed by atoms with Crippen LogP contribution in [0.15, 0.2) is 22.6 Å². The van der Waals surface area contributed by atoms with Gasteiger partial charge in [0.2, 0.25) is 5.89 Å². The van der Waals surface area contributed by atoms with E-state index in [4.69, 9.17) is 9.15 Å². The van der Waals surface area contributed by atoms with Gasteiger partial charge in [0.15, 0.2) is 11.6 Å². The van der Waals surface area contributed by atoms with E-state index < -0.39 is 5.82 Å². The number of anilines is 2. The van der Waals surface area contributed by atoms with Gasteiger partial charge in [-0.1, -0.05) is 5.10 Å². The third kappa shape index (κ3) is 3.05. The summed E-state index contributed by atoms with van der Waals surface area (Å²) in [7, 11) is 1.42. The third-order valence-corrected chi connectivity index (χ3v) is 2.99. The Kier molecular flexibility index (Phi) is 3.51. The minimum absolute atomic E-state index is 0.190. The summed E-state index contributed by atoms with van der Waals surface area (Å²) in [5.41, 5.74) is 0.522. The molecule has 3 rings (SSSR count). The average Bonchev–Trinajstić information content (AvgIpc) is 3.17. The maximum absolute atomic E-state index is 13.5. The van der Waals surface area contributed by atoms with Crippen molar-refractivity contribution < 1.29 is 13.5 Å². The number of methoxy groups -OCH3 is 1. The molecule has 1 aromatic heterocycles. The summed E-state index contributed by atoms with van der Waals surface area (Å²) < 4.78 is 23.8. The van der Waals surface area contributed by atoms with Gasteiger partial charge >= 0.3 is 6.01 Å². The van der Waals surface area contributed by atoms with Crippen LogP contribution in [0.2, 0.25) is 0 Å². The molecule has 7 heteroatoms. The van der Waals surface area contributed by atoms with Crippen molar-refractivity contribution in [2.45, 2.75) is 25.4 Å².